The maximum absolute atomic E-state index is 14.5. The first-order valence-corrected chi connectivity index (χ1v) is 11.7. The summed E-state index contributed by atoms with van der Waals surface area (Å²) < 4.78 is 35.0. The molecule has 5 rings (SSSR count). The van der Waals surface area contributed by atoms with E-state index in [4.69, 9.17) is 4.74 Å². The monoisotopic (exact) mass is 483 g/mol. The lowest BCUT2D eigenvalue weighted by atomic mass is 10.1. The molecular formula is C25H27F2N5O3. The Bertz CT molecular complexity index is 1320. The normalized spacial score (nSPS) is 19.2. The van der Waals surface area contributed by atoms with Crippen LogP contribution in [-0.4, -0.2) is 63.3 Å². The van der Waals surface area contributed by atoms with E-state index in [0.29, 0.717) is 40.7 Å². The van der Waals surface area contributed by atoms with Crippen molar-refractivity contribution in [1.29, 1.82) is 0 Å². The van der Waals surface area contributed by atoms with Crippen LogP contribution in [0.15, 0.2) is 24.5 Å². The molecule has 2 N–H and O–H groups in total. The summed E-state index contributed by atoms with van der Waals surface area (Å²) in [6.07, 6.45) is 3.69. The zero-order valence-corrected chi connectivity index (χ0v) is 19.8. The molecule has 2 aromatic heterocycles. The predicted molar refractivity (Wildman–Crippen MR) is 125 cm³/mol. The van der Waals surface area contributed by atoms with Gasteiger partial charge in [0.15, 0.2) is 0 Å². The molecule has 10 heteroatoms. The van der Waals surface area contributed by atoms with Gasteiger partial charge in [-0.1, -0.05) is 11.6 Å². The van der Waals surface area contributed by atoms with Crippen molar-refractivity contribution < 1.29 is 23.1 Å². The van der Waals surface area contributed by atoms with Crippen molar-refractivity contribution in [3.8, 4) is 17.0 Å². The van der Waals surface area contributed by atoms with E-state index in [2.05, 4.69) is 20.3 Å². The highest BCUT2D eigenvalue weighted by Crippen LogP contribution is 2.37. The summed E-state index contributed by atoms with van der Waals surface area (Å²) in [5, 5.41) is 2.42. The number of likely N-dealkylation sites (tertiary alicyclic amines) is 1. The molecule has 0 radical (unpaired) electrons. The number of aryl methyl sites for hydroxylation is 2. The lowest BCUT2D eigenvalue weighted by molar-refractivity contribution is -0.129. The van der Waals surface area contributed by atoms with Gasteiger partial charge in [-0.25, -0.2) is 18.7 Å². The Morgan fingerprint density at radius 1 is 1.26 bits per heavy atom. The fourth-order valence-corrected chi connectivity index (χ4v) is 4.45. The number of ether oxygens (including phenoxy) is 1. The van der Waals surface area contributed by atoms with Crippen LogP contribution < -0.4 is 10.1 Å². The zero-order chi connectivity index (χ0) is 24.9. The number of hydrogen-bond acceptors (Lipinski definition) is 5. The van der Waals surface area contributed by atoms with Gasteiger partial charge in [0.05, 0.1) is 24.2 Å². The molecule has 8 nitrogen and oxygen atoms in total. The van der Waals surface area contributed by atoms with Crippen LogP contribution >= 0.6 is 0 Å². The molecule has 3 aromatic rings. The molecule has 1 aliphatic carbocycles. The molecule has 1 saturated heterocycles. The van der Waals surface area contributed by atoms with Crippen LogP contribution in [0.2, 0.25) is 0 Å². The van der Waals surface area contributed by atoms with Crippen molar-refractivity contribution in [3.63, 3.8) is 0 Å². The number of carbonyl (C=O) groups is 2. The van der Waals surface area contributed by atoms with Crippen LogP contribution in [0.1, 0.15) is 41.4 Å². The molecule has 35 heavy (non-hydrogen) atoms. The first-order valence-electron chi connectivity index (χ1n) is 11.7. The van der Waals surface area contributed by atoms with E-state index in [0.717, 1.165) is 28.9 Å². The number of alkyl halides is 2. The summed E-state index contributed by atoms with van der Waals surface area (Å²) in [5.74, 6) is -3.10. The summed E-state index contributed by atoms with van der Waals surface area (Å²) in [6.45, 7) is 4.56. The average Bonchev–Trinajstić information content (AvgIpc) is 3.49. The minimum absolute atomic E-state index is 0.175. The second-order valence-corrected chi connectivity index (χ2v) is 9.51. The number of aromatic nitrogens is 3. The van der Waals surface area contributed by atoms with Crippen LogP contribution in [0.25, 0.3) is 22.3 Å². The van der Waals surface area contributed by atoms with Gasteiger partial charge >= 0.3 is 0 Å². The molecule has 0 spiro atoms. The van der Waals surface area contributed by atoms with Crippen LogP contribution in [0.5, 0.6) is 5.75 Å². The van der Waals surface area contributed by atoms with Gasteiger partial charge in [0.2, 0.25) is 5.91 Å². The Labute approximate surface area is 201 Å². The molecule has 2 fully saturated rings. The topological polar surface area (TPSA) is 100 Å². The van der Waals surface area contributed by atoms with Crippen molar-refractivity contribution in [1.82, 2.24) is 25.2 Å². The van der Waals surface area contributed by atoms with Crippen LogP contribution in [-0.2, 0) is 4.79 Å². The maximum Gasteiger partial charge on any atom is 0.286 e. The standard InChI is InChI=1S/C25H27F2N5O3/c1-13-4-7-18(35-10-16-5-6-16)17(8-13)21-23-22(29-12-28-21)20(14(2)30-23)24(34)31-19-9-32(15(3)33)11-25(19,26)27/h4,7-8,12,16,19,30H,5-6,9-11H2,1-3H3,(H,31,34). The third-order valence-electron chi connectivity index (χ3n) is 6.63. The van der Waals surface area contributed by atoms with Crippen LogP contribution in [0.3, 0.4) is 0 Å². The minimum atomic E-state index is -3.23. The maximum atomic E-state index is 14.5. The number of rotatable bonds is 6. The Morgan fingerprint density at radius 3 is 2.71 bits per heavy atom. The van der Waals surface area contributed by atoms with Crippen LogP contribution in [0, 0.1) is 19.8 Å². The second-order valence-electron chi connectivity index (χ2n) is 9.51. The van der Waals surface area contributed by atoms with Crippen LogP contribution in [0.4, 0.5) is 8.78 Å². The highest BCUT2D eigenvalue weighted by atomic mass is 19.3. The summed E-state index contributed by atoms with van der Waals surface area (Å²) in [5.41, 5.74) is 3.88. The SMILES string of the molecule is CC(=O)N1CC(NC(=O)c2c(C)[nH]c3c(-c4cc(C)ccc4OCC4CC4)ncnc23)C(F)(F)C1. The number of fused-ring (bicyclic) bond motifs is 1. The fourth-order valence-electron chi connectivity index (χ4n) is 4.45. The van der Waals surface area contributed by atoms with Gasteiger partial charge in [-0.15, -0.1) is 0 Å². The number of carbonyl (C=O) groups excluding carboxylic acids is 2. The van der Waals surface area contributed by atoms with Crippen molar-refractivity contribution in [2.75, 3.05) is 19.7 Å². The van der Waals surface area contributed by atoms with Gasteiger partial charge in [-0.05, 0) is 44.7 Å². The van der Waals surface area contributed by atoms with Gasteiger partial charge in [0.1, 0.15) is 29.3 Å². The number of H-pyrrole nitrogens is 1. The van der Waals surface area contributed by atoms with Crippen molar-refractivity contribution in [3.05, 3.63) is 41.3 Å². The first kappa shape index (κ1) is 23.2. The summed E-state index contributed by atoms with van der Waals surface area (Å²) >= 11 is 0. The fraction of sp³-hybridized carbons (Fsp3) is 0.440. The van der Waals surface area contributed by atoms with E-state index in [1.165, 1.54) is 13.3 Å². The number of amides is 2. The molecular weight excluding hydrogens is 456 g/mol. The first-order chi connectivity index (χ1) is 16.6. The molecule has 1 atom stereocenters. The Hall–Kier alpha value is -3.56. The zero-order valence-electron chi connectivity index (χ0n) is 19.8. The van der Waals surface area contributed by atoms with E-state index in [1.54, 1.807) is 6.92 Å². The second kappa shape index (κ2) is 8.58. The largest absolute Gasteiger partial charge is 0.493 e. The van der Waals surface area contributed by atoms with Crippen molar-refractivity contribution in [2.24, 2.45) is 5.92 Å². The van der Waals surface area contributed by atoms with E-state index < -0.39 is 30.3 Å². The molecule has 1 aromatic carbocycles. The van der Waals surface area contributed by atoms with Gasteiger partial charge < -0.3 is 19.9 Å². The predicted octanol–water partition coefficient (Wildman–Crippen LogP) is 3.63. The number of nitrogens with zero attached hydrogens (tertiary/aromatic N) is 3. The van der Waals surface area contributed by atoms with Gasteiger partial charge in [0, 0.05) is 24.7 Å². The third kappa shape index (κ3) is 4.44. The lowest BCUT2D eigenvalue weighted by Gasteiger charge is -2.18. The quantitative estimate of drug-likeness (QED) is 0.558. The van der Waals surface area contributed by atoms with E-state index >= 15 is 0 Å². The number of aromatic amines is 1. The smallest absolute Gasteiger partial charge is 0.286 e. The third-order valence-corrected chi connectivity index (χ3v) is 6.63. The summed E-state index contributed by atoms with van der Waals surface area (Å²) in [4.78, 5) is 37.7. The van der Waals surface area contributed by atoms with Gasteiger partial charge in [0.25, 0.3) is 11.8 Å². The molecule has 184 valence electrons. The Balaban J connectivity index is 1.49. The highest BCUT2D eigenvalue weighted by molar-refractivity contribution is 6.09. The van der Waals surface area contributed by atoms with E-state index in [-0.39, 0.29) is 12.1 Å². The lowest BCUT2D eigenvalue weighted by Crippen LogP contribution is -2.46. The summed E-state index contributed by atoms with van der Waals surface area (Å²) in [7, 11) is 0. The minimum Gasteiger partial charge on any atom is -0.493 e. The number of halogens is 2. The van der Waals surface area contributed by atoms with E-state index in [9.17, 15) is 18.4 Å². The Kier molecular flexibility index (Phi) is 5.69. The van der Waals surface area contributed by atoms with E-state index in [1.807, 2.05) is 25.1 Å². The van der Waals surface area contributed by atoms with Crippen molar-refractivity contribution >= 4 is 22.8 Å². The number of nitrogens with one attached hydrogen (secondary N) is 2. The Morgan fingerprint density at radius 2 is 2.03 bits per heavy atom. The molecule has 2 amide bonds. The summed E-state index contributed by atoms with van der Waals surface area (Å²) in [6, 6.07) is 4.36. The van der Waals surface area contributed by atoms with Gasteiger partial charge in [-0.2, -0.15) is 0 Å². The molecule has 1 saturated carbocycles. The average molecular weight is 484 g/mol. The number of hydrogen-bond donors (Lipinski definition) is 2. The molecule has 1 aliphatic heterocycles. The van der Waals surface area contributed by atoms with Crippen molar-refractivity contribution in [2.45, 2.75) is 45.6 Å². The number of benzene rings is 1. The molecule has 1 unspecified atom stereocenters. The molecule has 2 aliphatic rings. The van der Waals surface area contributed by atoms with Gasteiger partial charge in [-0.3, -0.25) is 9.59 Å². The molecule has 0 bridgehead atoms. The molecule has 3 heterocycles. The highest BCUT2D eigenvalue weighted by Gasteiger charge is 2.50.